The van der Waals surface area contributed by atoms with Gasteiger partial charge < -0.3 is 15.0 Å². The third kappa shape index (κ3) is 6.42. The van der Waals surface area contributed by atoms with Gasteiger partial charge in [-0.05, 0) is 19.3 Å². The summed E-state index contributed by atoms with van der Waals surface area (Å²) in [5.74, 6) is -0.0947. The van der Waals surface area contributed by atoms with Crippen LogP contribution in [0.5, 0.6) is 0 Å². The van der Waals surface area contributed by atoms with Crippen molar-refractivity contribution in [1.82, 2.24) is 20.0 Å². The quantitative estimate of drug-likeness (QED) is 0.397. The third-order valence-corrected chi connectivity index (χ3v) is 6.93. The van der Waals surface area contributed by atoms with Gasteiger partial charge in [0.15, 0.2) is 0 Å². The standard InChI is InChI=1S/C23H40N4O4/c1-2-3-4-8-12-26(15-14-25-16-18-31-19-17-25)20(28)9-13-27-21(29)23(24-22(27)30)10-6-5-7-11-23/h2-19H2,1H3,(H,24,30). The Bertz CT molecular complexity index is 615. The number of rotatable bonds is 11. The molecule has 8 heteroatoms. The lowest BCUT2D eigenvalue weighted by Crippen LogP contribution is -2.48. The number of nitrogens with one attached hydrogen (secondary N) is 1. The summed E-state index contributed by atoms with van der Waals surface area (Å²) in [6, 6.07) is -0.331. The molecule has 1 spiro atoms. The highest BCUT2D eigenvalue weighted by Gasteiger charge is 2.51. The van der Waals surface area contributed by atoms with E-state index in [-0.39, 0.29) is 30.8 Å². The van der Waals surface area contributed by atoms with Gasteiger partial charge in [0, 0.05) is 45.7 Å². The smallest absolute Gasteiger partial charge is 0.325 e. The Balaban J connectivity index is 1.51. The van der Waals surface area contributed by atoms with Gasteiger partial charge in [-0.25, -0.2) is 4.79 Å². The van der Waals surface area contributed by atoms with Gasteiger partial charge in [0.2, 0.25) is 5.91 Å². The Kier molecular flexibility index (Phi) is 9.14. The van der Waals surface area contributed by atoms with Crippen LogP contribution in [0.3, 0.4) is 0 Å². The summed E-state index contributed by atoms with van der Waals surface area (Å²) in [5, 5.41) is 2.93. The minimum Gasteiger partial charge on any atom is -0.379 e. The first-order chi connectivity index (χ1) is 15.1. The molecule has 0 aromatic carbocycles. The van der Waals surface area contributed by atoms with Crippen molar-refractivity contribution < 1.29 is 19.1 Å². The summed E-state index contributed by atoms with van der Waals surface area (Å²) in [5.41, 5.74) is -0.714. The molecule has 2 aliphatic heterocycles. The first kappa shape index (κ1) is 24.0. The molecule has 8 nitrogen and oxygen atoms in total. The molecular weight excluding hydrogens is 396 g/mol. The van der Waals surface area contributed by atoms with E-state index in [1.165, 1.54) is 11.3 Å². The molecule has 0 atom stereocenters. The van der Waals surface area contributed by atoms with Gasteiger partial charge >= 0.3 is 6.03 Å². The summed E-state index contributed by atoms with van der Waals surface area (Å²) >= 11 is 0. The lowest BCUT2D eigenvalue weighted by molar-refractivity contribution is -0.134. The summed E-state index contributed by atoms with van der Waals surface area (Å²) in [7, 11) is 0. The summed E-state index contributed by atoms with van der Waals surface area (Å²) in [6.07, 6.45) is 9.12. The average molecular weight is 437 g/mol. The average Bonchev–Trinajstić information content (AvgIpc) is 3.01. The van der Waals surface area contributed by atoms with E-state index in [0.717, 1.165) is 77.9 Å². The monoisotopic (exact) mass is 436 g/mol. The highest BCUT2D eigenvalue weighted by atomic mass is 16.5. The SMILES string of the molecule is CCCCCCN(CCN1CCOCC1)C(=O)CCN1C(=O)NC2(CCCCC2)C1=O. The molecule has 1 N–H and O–H groups in total. The first-order valence-corrected chi connectivity index (χ1v) is 12.3. The van der Waals surface area contributed by atoms with E-state index < -0.39 is 5.54 Å². The van der Waals surface area contributed by atoms with E-state index >= 15 is 0 Å². The van der Waals surface area contributed by atoms with E-state index in [1.54, 1.807) is 0 Å². The van der Waals surface area contributed by atoms with Gasteiger partial charge in [-0.15, -0.1) is 0 Å². The fourth-order valence-electron chi connectivity index (χ4n) is 4.92. The van der Waals surface area contributed by atoms with Crippen LogP contribution in [0.4, 0.5) is 4.79 Å². The molecule has 2 saturated heterocycles. The first-order valence-electron chi connectivity index (χ1n) is 12.3. The van der Waals surface area contributed by atoms with Gasteiger partial charge in [0.05, 0.1) is 13.2 Å². The van der Waals surface area contributed by atoms with Gasteiger partial charge in [-0.1, -0.05) is 45.4 Å². The normalized spacial score (nSPS) is 21.5. The number of carbonyl (C=O) groups excluding carboxylic acids is 3. The maximum Gasteiger partial charge on any atom is 0.325 e. The Morgan fingerprint density at radius 3 is 2.48 bits per heavy atom. The Morgan fingerprint density at radius 2 is 1.77 bits per heavy atom. The zero-order valence-electron chi connectivity index (χ0n) is 19.2. The third-order valence-electron chi connectivity index (χ3n) is 6.93. The second-order valence-corrected chi connectivity index (χ2v) is 9.18. The van der Waals surface area contributed by atoms with Gasteiger partial charge in [0.1, 0.15) is 5.54 Å². The van der Waals surface area contributed by atoms with E-state index in [2.05, 4.69) is 17.1 Å². The fraction of sp³-hybridized carbons (Fsp3) is 0.870. The molecule has 3 aliphatic rings. The Morgan fingerprint density at radius 1 is 1.03 bits per heavy atom. The number of amides is 4. The van der Waals surface area contributed by atoms with Crippen LogP contribution in [0.1, 0.15) is 71.1 Å². The van der Waals surface area contributed by atoms with Crippen molar-refractivity contribution in [3.05, 3.63) is 0 Å². The molecule has 0 aromatic rings. The van der Waals surface area contributed by atoms with E-state index in [4.69, 9.17) is 4.74 Å². The summed E-state index contributed by atoms with van der Waals surface area (Å²) < 4.78 is 5.41. The Hall–Kier alpha value is -1.67. The molecule has 0 bridgehead atoms. The second kappa shape index (κ2) is 11.8. The molecule has 0 radical (unpaired) electrons. The molecule has 1 saturated carbocycles. The predicted molar refractivity (Wildman–Crippen MR) is 119 cm³/mol. The molecule has 0 unspecified atom stereocenters. The zero-order chi connectivity index (χ0) is 22.1. The van der Waals surface area contributed by atoms with Crippen molar-refractivity contribution in [3.63, 3.8) is 0 Å². The molecular formula is C23H40N4O4. The minimum absolute atomic E-state index is 0.0370. The molecule has 176 valence electrons. The number of urea groups is 1. The van der Waals surface area contributed by atoms with Crippen molar-refractivity contribution in [3.8, 4) is 0 Å². The van der Waals surface area contributed by atoms with Crippen LogP contribution in [0.2, 0.25) is 0 Å². The van der Waals surface area contributed by atoms with Gasteiger partial charge in [0.25, 0.3) is 5.91 Å². The number of hydrogen-bond donors (Lipinski definition) is 1. The number of ether oxygens (including phenoxy) is 1. The van der Waals surface area contributed by atoms with E-state index in [1.807, 2.05) is 4.90 Å². The lowest BCUT2D eigenvalue weighted by Gasteiger charge is -2.31. The largest absolute Gasteiger partial charge is 0.379 e. The van der Waals surface area contributed by atoms with E-state index in [9.17, 15) is 14.4 Å². The number of morpholine rings is 1. The number of hydrogen-bond acceptors (Lipinski definition) is 5. The van der Waals surface area contributed by atoms with Gasteiger partial charge in [-0.2, -0.15) is 0 Å². The van der Waals surface area contributed by atoms with Crippen LogP contribution in [-0.2, 0) is 14.3 Å². The molecule has 0 aromatic heterocycles. The maximum atomic E-state index is 13.0. The van der Waals surface area contributed by atoms with Crippen LogP contribution >= 0.6 is 0 Å². The van der Waals surface area contributed by atoms with Crippen LogP contribution in [-0.4, -0.2) is 90.6 Å². The molecule has 1 aliphatic carbocycles. The molecule has 31 heavy (non-hydrogen) atoms. The highest BCUT2D eigenvalue weighted by molar-refractivity contribution is 6.07. The highest BCUT2D eigenvalue weighted by Crippen LogP contribution is 2.33. The van der Waals surface area contributed by atoms with Crippen molar-refractivity contribution in [2.45, 2.75) is 76.7 Å². The van der Waals surface area contributed by atoms with Gasteiger partial charge in [-0.3, -0.25) is 19.4 Å². The number of unbranched alkanes of at least 4 members (excludes halogenated alkanes) is 3. The molecule has 3 rings (SSSR count). The molecule has 2 heterocycles. The second-order valence-electron chi connectivity index (χ2n) is 9.18. The number of nitrogens with zero attached hydrogens (tertiary/aromatic N) is 3. The van der Waals surface area contributed by atoms with Crippen LogP contribution in [0.25, 0.3) is 0 Å². The van der Waals surface area contributed by atoms with Crippen LogP contribution < -0.4 is 5.32 Å². The molecule has 4 amide bonds. The molecule has 3 fully saturated rings. The topological polar surface area (TPSA) is 82.2 Å². The number of imide groups is 1. The van der Waals surface area contributed by atoms with Crippen LogP contribution in [0, 0.1) is 0 Å². The maximum absolute atomic E-state index is 13.0. The predicted octanol–water partition coefficient (Wildman–Crippen LogP) is 2.37. The lowest BCUT2D eigenvalue weighted by atomic mass is 9.82. The van der Waals surface area contributed by atoms with E-state index in [0.29, 0.717) is 19.4 Å². The fourth-order valence-corrected chi connectivity index (χ4v) is 4.92. The van der Waals surface area contributed by atoms with Crippen LogP contribution in [0.15, 0.2) is 0 Å². The van der Waals surface area contributed by atoms with Crippen molar-refractivity contribution in [2.75, 3.05) is 52.5 Å². The van der Waals surface area contributed by atoms with Crippen molar-refractivity contribution >= 4 is 17.8 Å². The van der Waals surface area contributed by atoms with Crippen molar-refractivity contribution in [1.29, 1.82) is 0 Å². The summed E-state index contributed by atoms with van der Waals surface area (Å²) in [4.78, 5) is 44.0. The minimum atomic E-state index is -0.714. The number of carbonyl (C=O) groups is 3. The zero-order valence-corrected chi connectivity index (χ0v) is 19.2. The Labute approximate surface area is 186 Å². The van der Waals surface area contributed by atoms with Crippen molar-refractivity contribution in [2.24, 2.45) is 0 Å². The summed E-state index contributed by atoms with van der Waals surface area (Å²) in [6.45, 7) is 7.94.